The quantitative estimate of drug-likeness (QED) is 0.809. The zero-order valence-electron chi connectivity index (χ0n) is 11.0. The van der Waals surface area contributed by atoms with Gasteiger partial charge in [-0.15, -0.1) is 11.8 Å². The van der Waals surface area contributed by atoms with Crippen LogP contribution in [0.5, 0.6) is 0 Å². The van der Waals surface area contributed by atoms with Crippen molar-refractivity contribution in [3.63, 3.8) is 0 Å². The van der Waals surface area contributed by atoms with E-state index in [1.165, 1.54) is 6.42 Å². The Bertz CT molecular complexity index is 281. The van der Waals surface area contributed by atoms with Crippen molar-refractivity contribution < 1.29 is 4.79 Å². The predicted octanol–water partition coefficient (Wildman–Crippen LogP) is 1.78. The van der Waals surface area contributed by atoms with Crippen LogP contribution in [0.4, 0.5) is 0 Å². The van der Waals surface area contributed by atoms with Crippen LogP contribution in [0, 0.1) is 5.41 Å². The van der Waals surface area contributed by atoms with Gasteiger partial charge in [0.05, 0.1) is 4.75 Å². The summed E-state index contributed by atoms with van der Waals surface area (Å²) in [4.78, 5) is 12.2. The molecule has 0 spiro atoms. The van der Waals surface area contributed by atoms with Gasteiger partial charge in [0.1, 0.15) is 0 Å². The van der Waals surface area contributed by atoms with Crippen molar-refractivity contribution in [2.75, 3.05) is 25.4 Å². The Morgan fingerprint density at radius 2 is 2.00 bits per heavy atom. The lowest BCUT2D eigenvalue weighted by atomic mass is 9.81. The van der Waals surface area contributed by atoms with Crippen LogP contribution in [-0.2, 0) is 4.79 Å². The van der Waals surface area contributed by atoms with Gasteiger partial charge in [0.15, 0.2) is 0 Å². The second kappa shape index (κ2) is 5.19. The highest BCUT2D eigenvalue weighted by molar-refractivity contribution is 8.01. The molecule has 1 atom stereocenters. The third-order valence-electron chi connectivity index (χ3n) is 4.19. The zero-order valence-corrected chi connectivity index (χ0v) is 11.8. The summed E-state index contributed by atoms with van der Waals surface area (Å²) < 4.78 is -0.163. The number of piperidine rings is 1. The fourth-order valence-electron chi connectivity index (χ4n) is 2.65. The lowest BCUT2D eigenvalue weighted by molar-refractivity contribution is -0.123. The third-order valence-corrected chi connectivity index (χ3v) is 5.70. The van der Waals surface area contributed by atoms with Crippen LogP contribution < -0.4 is 10.6 Å². The highest BCUT2D eigenvalue weighted by Crippen LogP contribution is 2.38. The molecule has 0 aromatic heterocycles. The molecule has 0 saturated carbocycles. The van der Waals surface area contributed by atoms with Crippen LogP contribution in [-0.4, -0.2) is 36.0 Å². The van der Waals surface area contributed by atoms with Gasteiger partial charge in [-0.1, -0.05) is 6.92 Å². The normalized spacial score (nSPS) is 32.4. The number of hydrogen-bond donors (Lipinski definition) is 2. The summed E-state index contributed by atoms with van der Waals surface area (Å²) in [6.07, 6.45) is 4.53. The highest BCUT2D eigenvalue weighted by Gasteiger charge is 2.38. The van der Waals surface area contributed by atoms with E-state index < -0.39 is 0 Å². The van der Waals surface area contributed by atoms with Crippen molar-refractivity contribution in [1.29, 1.82) is 0 Å². The topological polar surface area (TPSA) is 41.1 Å². The fraction of sp³-hybridized carbons (Fsp3) is 0.923. The molecule has 2 saturated heterocycles. The number of hydrogen-bond acceptors (Lipinski definition) is 3. The van der Waals surface area contributed by atoms with Crippen molar-refractivity contribution in [1.82, 2.24) is 10.6 Å². The van der Waals surface area contributed by atoms with E-state index in [9.17, 15) is 4.79 Å². The summed E-state index contributed by atoms with van der Waals surface area (Å²) in [5.41, 5.74) is 0.292. The lowest BCUT2D eigenvalue weighted by Crippen LogP contribution is -2.47. The maximum atomic E-state index is 12.2. The van der Waals surface area contributed by atoms with Crippen molar-refractivity contribution in [2.24, 2.45) is 5.41 Å². The van der Waals surface area contributed by atoms with E-state index in [2.05, 4.69) is 24.5 Å². The standard InChI is InChI=1S/C13H24N2OS/c1-12(5-7-14-8-6-12)10-15-11(16)13(2)4-3-9-17-13/h14H,3-10H2,1-2H3,(H,15,16). The van der Waals surface area contributed by atoms with Crippen LogP contribution in [0.2, 0.25) is 0 Å². The van der Waals surface area contributed by atoms with E-state index in [1.54, 1.807) is 0 Å². The van der Waals surface area contributed by atoms with Gasteiger partial charge >= 0.3 is 0 Å². The first-order valence-corrected chi connectivity index (χ1v) is 7.66. The van der Waals surface area contributed by atoms with E-state index >= 15 is 0 Å². The molecule has 0 aromatic rings. The molecule has 17 heavy (non-hydrogen) atoms. The summed E-state index contributed by atoms with van der Waals surface area (Å²) in [5, 5.41) is 6.56. The third kappa shape index (κ3) is 3.16. The number of carbonyl (C=O) groups is 1. The van der Waals surface area contributed by atoms with Crippen molar-refractivity contribution in [3.8, 4) is 0 Å². The number of carbonyl (C=O) groups excluding carboxylic acids is 1. The molecule has 1 amide bonds. The average Bonchev–Trinajstić information content (AvgIpc) is 2.75. The average molecular weight is 256 g/mol. The molecular formula is C13H24N2OS. The second-order valence-corrected chi connectivity index (χ2v) is 7.52. The summed E-state index contributed by atoms with van der Waals surface area (Å²) in [7, 11) is 0. The van der Waals surface area contributed by atoms with E-state index in [4.69, 9.17) is 0 Å². The highest BCUT2D eigenvalue weighted by atomic mass is 32.2. The number of nitrogens with one attached hydrogen (secondary N) is 2. The van der Waals surface area contributed by atoms with Gasteiger partial charge in [0, 0.05) is 6.54 Å². The summed E-state index contributed by atoms with van der Waals surface area (Å²) in [5.74, 6) is 1.38. The van der Waals surface area contributed by atoms with Gasteiger partial charge in [-0.25, -0.2) is 0 Å². The van der Waals surface area contributed by atoms with Crippen molar-refractivity contribution >= 4 is 17.7 Å². The molecule has 2 aliphatic heterocycles. The summed E-state index contributed by atoms with van der Waals surface area (Å²) >= 11 is 1.81. The Hall–Kier alpha value is -0.220. The van der Waals surface area contributed by atoms with E-state index in [1.807, 2.05) is 11.8 Å². The Morgan fingerprint density at radius 1 is 1.29 bits per heavy atom. The molecule has 1 unspecified atom stereocenters. The molecule has 0 aromatic carbocycles. The van der Waals surface area contributed by atoms with E-state index in [0.717, 1.165) is 44.6 Å². The van der Waals surface area contributed by atoms with Gasteiger partial charge < -0.3 is 10.6 Å². The minimum Gasteiger partial charge on any atom is -0.354 e. The molecule has 0 radical (unpaired) electrons. The smallest absolute Gasteiger partial charge is 0.235 e. The largest absolute Gasteiger partial charge is 0.354 e. The Labute approximate surface area is 108 Å². The maximum absolute atomic E-state index is 12.2. The Morgan fingerprint density at radius 3 is 2.59 bits per heavy atom. The van der Waals surface area contributed by atoms with Gasteiger partial charge in [0.2, 0.25) is 5.91 Å². The summed E-state index contributed by atoms with van der Waals surface area (Å²) in [6, 6.07) is 0. The molecule has 4 heteroatoms. The minimum atomic E-state index is -0.163. The SMILES string of the molecule is CC1(CNC(=O)C2(C)CCCS2)CCNCC1. The maximum Gasteiger partial charge on any atom is 0.235 e. The van der Waals surface area contributed by atoms with E-state index in [-0.39, 0.29) is 10.7 Å². The molecule has 98 valence electrons. The van der Waals surface area contributed by atoms with Crippen LogP contribution in [0.3, 0.4) is 0 Å². The van der Waals surface area contributed by atoms with Crippen LogP contribution in [0.1, 0.15) is 39.5 Å². The first kappa shape index (κ1) is 13.2. The van der Waals surface area contributed by atoms with Crippen LogP contribution in [0.15, 0.2) is 0 Å². The molecular weight excluding hydrogens is 232 g/mol. The Balaban J connectivity index is 1.83. The molecule has 2 aliphatic rings. The van der Waals surface area contributed by atoms with Crippen LogP contribution >= 0.6 is 11.8 Å². The molecule has 2 fully saturated rings. The van der Waals surface area contributed by atoms with Crippen molar-refractivity contribution in [2.45, 2.75) is 44.3 Å². The van der Waals surface area contributed by atoms with Gasteiger partial charge in [-0.3, -0.25) is 4.79 Å². The first-order chi connectivity index (χ1) is 8.04. The number of rotatable bonds is 3. The molecule has 2 rings (SSSR count). The van der Waals surface area contributed by atoms with Crippen molar-refractivity contribution in [3.05, 3.63) is 0 Å². The Kier molecular flexibility index (Phi) is 4.03. The number of thioether (sulfide) groups is 1. The molecule has 0 bridgehead atoms. The first-order valence-electron chi connectivity index (χ1n) is 6.67. The number of amides is 1. The van der Waals surface area contributed by atoms with Gasteiger partial charge in [0.25, 0.3) is 0 Å². The fourth-order valence-corrected chi connectivity index (χ4v) is 3.88. The predicted molar refractivity (Wildman–Crippen MR) is 73.3 cm³/mol. The second-order valence-electron chi connectivity index (χ2n) is 5.93. The van der Waals surface area contributed by atoms with E-state index in [0.29, 0.717) is 5.41 Å². The monoisotopic (exact) mass is 256 g/mol. The van der Waals surface area contributed by atoms with Gasteiger partial charge in [-0.2, -0.15) is 0 Å². The van der Waals surface area contributed by atoms with Gasteiger partial charge in [-0.05, 0) is 56.9 Å². The molecule has 2 heterocycles. The molecule has 2 N–H and O–H groups in total. The lowest BCUT2D eigenvalue weighted by Gasteiger charge is -2.35. The molecule has 0 aliphatic carbocycles. The zero-order chi connectivity index (χ0) is 12.4. The molecule has 3 nitrogen and oxygen atoms in total. The summed E-state index contributed by atoms with van der Waals surface area (Å²) in [6.45, 7) is 7.38. The van der Waals surface area contributed by atoms with Crippen LogP contribution in [0.25, 0.3) is 0 Å². The minimum absolute atomic E-state index is 0.163.